The van der Waals surface area contributed by atoms with Gasteiger partial charge in [0.05, 0.1) is 28.9 Å². The zero-order chi connectivity index (χ0) is 24.9. The van der Waals surface area contributed by atoms with E-state index in [9.17, 15) is 14.7 Å². The van der Waals surface area contributed by atoms with Gasteiger partial charge in [-0.05, 0) is 73.0 Å². The molecule has 0 bridgehead atoms. The molecule has 0 unspecified atom stereocenters. The third-order valence-corrected chi connectivity index (χ3v) is 7.31. The maximum absolute atomic E-state index is 13.4. The van der Waals surface area contributed by atoms with Gasteiger partial charge in [0.25, 0.3) is 5.78 Å². The normalized spacial score (nSPS) is 17.4. The zero-order valence-corrected chi connectivity index (χ0v) is 20.8. The quantitative estimate of drug-likeness (QED) is 0.203. The highest BCUT2D eigenvalue weighted by atomic mass is 35.5. The van der Waals surface area contributed by atoms with E-state index in [0.717, 1.165) is 21.3 Å². The van der Waals surface area contributed by atoms with Gasteiger partial charge in [0.2, 0.25) is 0 Å². The van der Waals surface area contributed by atoms with Crippen molar-refractivity contribution in [3.8, 4) is 5.75 Å². The maximum Gasteiger partial charge on any atom is 0.301 e. The number of anilines is 1. The summed E-state index contributed by atoms with van der Waals surface area (Å²) in [5, 5.41) is 12.2. The molecule has 2 heterocycles. The van der Waals surface area contributed by atoms with Crippen LogP contribution < -0.4 is 9.64 Å². The predicted octanol–water partition coefficient (Wildman–Crippen LogP) is 6.20. The third kappa shape index (κ3) is 3.96. The van der Waals surface area contributed by atoms with Crippen LogP contribution in [0.3, 0.4) is 0 Å². The second-order valence-electron chi connectivity index (χ2n) is 8.37. The smallest absolute Gasteiger partial charge is 0.301 e. The molecule has 176 valence electrons. The number of aliphatic hydroxyl groups excluding tert-OH is 1. The standard InChI is InChI=1S/C27H21ClN2O4S/c1-14-4-10-19-21(12-14)35-27(29-19)30-23(16-5-8-18(28)9-6-16)22(25(32)26(30)33)24(31)17-7-11-20(34-3)15(2)13-17/h4-13,23,31H,1-3H3/t23-/m0/s1. The Morgan fingerprint density at radius 2 is 1.80 bits per heavy atom. The van der Waals surface area contributed by atoms with Crippen LogP contribution in [0.25, 0.3) is 16.0 Å². The molecule has 1 amide bonds. The van der Waals surface area contributed by atoms with E-state index in [4.69, 9.17) is 16.3 Å². The Morgan fingerprint density at radius 3 is 2.49 bits per heavy atom. The highest BCUT2D eigenvalue weighted by Gasteiger charge is 2.48. The number of benzene rings is 3. The molecule has 1 N–H and O–H groups in total. The molecule has 5 rings (SSSR count). The van der Waals surface area contributed by atoms with E-state index >= 15 is 0 Å². The average Bonchev–Trinajstić information content (AvgIpc) is 3.37. The molecule has 3 aromatic carbocycles. The number of aryl methyl sites for hydroxylation is 2. The van der Waals surface area contributed by atoms with Crippen molar-refractivity contribution in [3.63, 3.8) is 0 Å². The number of fused-ring (bicyclic) bond motifs is 1. The van der Waals surface area contributed by atoms with Gasteiger partial charge in [-0.3, -0.25) is 14.5 Å². The minimum Gasteiger partial charge on any atom is -0.507 e. The lowest BCUT2D eigenvalue weighted by atomic mass is 9.95. The first-order chi connectivity index (χ1) is 16.8. The Balaban J connectivity index is 1.72. The first-order valence-electron chi connectivity index (χ1n) is 10.9. The molecule has 6 nitrogen and oxygen atoms in total. The Hall–Kier alpha value is -3.68. The third-order valence-electron chi connectivity index (χ3n) is 6.04. The zero-order valence-electron chi connectivity index (χ0n) is 19.2. The Labute approximate surface area is 211 Å². The van der Waals surface area contributed by atoms with Crippen LogP contribution >= 0.6 is 22.9 Å². The summed E-state index contributed by atoms with van der Waals surface area (Å²) in [6, 6.07) is 16.9. The lowest BCUT2D eigenvalue weighted by molar-refractivity contribution is -0.132. The molecule has 4 aromatic rings. The van der Waals surface area contributed by atoms with E-state index in [-0.39, 0.29) is 11.3 Å². The monoisotopic (exact) mass is 504 g/mol. The van der Waals surface area contributed by atoms with Crippen molar-refractivity contribution in [3.05, 3.63) is 93.5 Å². The highest BCUT2D eigenvalue weighted by Crippen LogP contribution is 2.44. The van der Waals surface area contributed by atoms with E-state index in [1.165, 1.54) is 16.2 Å². The number of ketones is 1. The molecule has 1 fully saturated rings. The first kappa shape index (κ1) is 23.1. The maximum atomic E-state index is 13.4. The number of thiazole rings is 1. The fourth-order valence-corrected chi connectivity index (χ4v) is 5.51. The Kier molecular flexibility index (Phi) is 5.83. The number of aliphatic hydroxyl groups is 1. The van der Waals surface area contributed by atoms with Crippen LogP contribution in [0.2, 0.25) is 5.02 Å². The molecular weight excluding hydrogens is 484 g/mol. The summed E-state index contributed by atoms with van der Waals surface area (Å²) in [4.78, 5) is 32.7. The molecule has 0 saturated carbocycles. The molecule has 0 aliphatic carbocycles. The van der Waals surface area contributed by atoms with Crippen LogP contribution in [-0.4, -0.2) is 28.9 Å². The number of ether oxygens (including phenoxy) is 1. The minimum absolute atomic E-state index is 0.00248. The highest BCUT2D eigenvalue weighted by molar-refractivity contribution is 7.22. The number of hydrogen-bond acceptors (Lipinski definition) is 6. The molecule has 35 heavy (non-hydrogen) atoms. The van der Waals surface area contributed by atoms with E-state index in [2.05, 4.69) is 4.98 Å². The van der Waals surface area contributed by atoms with E-state index in [0.29, 0.717) is 27.0 Å². The number of carbonyl (C=O) groups is 2. The molecule has 0 spiro atoms. The number of halogens is 1. The van der Waals surface area contributed by atoms with Gasteiger partial charge < -0.3 is 9.84 Å². The number of methoxy groups -OCH3 is 1. The summed E-state index contributed by atoms with van der Waals surface area (Å²) < 4.78 is 6.22. The number of nitrogens with zero attached hydrogens (tertiary/aromatic N) is 2. The van der Waals surface area contributed by atoms with Crippen LogP contribution in [0.15, 0.2) is 66.2 Å². The van der Waals surface area contributed by atoms with Crippen LogP contribution in [0, 0.1) is 13.8 Å². The fraction of sp³-hybridized carbons (Fsp3) is 0.148. The predicted molar refractivity (Wildman–Crippen MR) is 138 cm³/mol. The van der Waals surface area contributed by atoms with Gasteiger partial charge in [-0.25, -0.2) is 4.98 Å². The summed E-state index contributed by atoms with van der Waals surface area (Å²) in [6.45, 7) is 3.82. The first-order valence-corrected chi connectivity index (χ1v) is 12.1. The summed E-state index contributed by atoms with van der Waals surface area (Å²) >= 11 is 7.44. The van der Waals surface area contributed by atoms with Gasteiger partial charge in [-0.15, -0.1) is 0 Å². The fourth-order valence-electron chi connectivity index (χ4n) is 4.29. The minimum atomic E-state index is -0.865. The summed E-state index contributed by atoms with van der Waals surface area (Å²) in [5.74, 6) is -1.12. The van der Waals surface area contributed by atoms with Crippen LogP contribution in [0.1, 0.15) is 28.3 Å². The van der Waals surface area contributed by atoms with E-state index in [1.54, 1.807) is 49.6 Å². The Morgan fingerprint density at radius 1 is 1.06 bits per heavy atom. The molecule has 1 aliphatic rings. The van der Waals surface area contributed by atoms with Gasteiger partial charge in [-0.2, -0.15) is 0 Å². The van der Waals surface area contributed by atoms with Crippen LogP contribution in [0.5, 0.6) is 5.75 Å². The van der Waals surface area contributed by atoms with Crippen molar-refractivity contribution >= 4 is 55.7 Å². The van der Waals surface area contributed by atoms with Crippen molar-refractivity contribution in [1.29, 1.82) is 0 Å². The van der Waals surface area contributed by atoms with Crippen molar-refractivity contribution in [2.45, 2.75) is 19.9 Å². The molecule has 1 saturated heterocycles. The van der Waals surface area contributed by atoms with Crippen molar-refractivity contribution in [2.24, 2.45) is 0 Å². The number of rotatable bonds is 4. The largest absolute Gasteiger partial charge is 0.507 e. The van der Waals surface area contributed by atoms with Crippen molar-refractivity contribution in [1.82, 2.24) is 4.98 Å². The number of aromatic nitrogens is 1. The van der Waals surface area contributed by atoms with E-state index in [1.807, 2.05) is 32.0 Å². The molecule has 0 radical (unpaired) electrons. The van der Waals surface area contributed by atoms with Gasteiger partial charge in [0, 0.05) is 10.6 Å². The van der Waals surface area contributed by atoms with Gasteiger partial charge in [0.15, 0.2) is 5.13 Å². The number of carbonyl (C=O) groups excluding carboxylic acids is 2. The topological polar surface area (TPSA) is 79.7 Å². The number of hydrogen-bond donors (Lipinski definition) is 1. The van der Waals surface area contributed by atoms with Crippen molar-refractivity contribution < 1.29 is 19.4 Å². The van der Waals surface area contributed by atoms with Gasteiger partial charge >= 0.3 is 5.91 Å². The van der Waals surface area contributed by atoms with E-state index < -0.39 is 17.7 Å². The van der Waals surface area contributed by atoms with Crippen LogP contribution in [0.4, 0.5) is 5.13 Å². The van der Waals surface area contributed by atoms with Gasteiger partial charge in [0.1, 0.15) is 11.5 Å². The van der Waals surface area contributed by atoms with Gasteiger partial charge in [-0.1, -0.05) is 41.1 Å². The molecule has 1 atom stereocenters. The SMILES string of the molecule is COc1ccc(C(O)=C2C(=O)C(=O)N(c3nc4ccc(C)cc4s3)[C@H]2c2ccc(Cl)cc2)cc1C. The second kappa shape index (κ2) is 8.83. The lowest BCUT2D eigenvalue weighted by Gasteiger charge is -2.23. The summed E-state index contributed by atoms with van der Waals surface area (Å²) in [5.41, 5.74) is 3.64. The van der Waals surface area contributed by atoms with Crippen molar-refractivity contribution in [2.75, 3.05) is 12.0 Å². The lowest BCUT2D eigenvalue weighted by Crippen LogP contribution is -2.29. The summed E-state index contributed by atoms with van der Waals surface area (Å²) in [6.07, 6.45) is 0. The average molecular weight is 505 g/mol. The number of amides is 1. The second-order valence-corrected chi connectivity index (χ2v) is 9.82. The molecule has 1 aliphatic heterocycles. The number of Topliss-reactive ketones (excluding diaryl/α,β-unsaturated/α-hetero) is 1. The van der Waals surface area contributed by atoms with Crippen LogP contribution in [-0.2, 0) is 9.59 Å². The molecule has 1 aromatic heterocycles. The Bertz CT molecular complexity index is 1520. The molecular formula is C27H21ClN2O4S. The molecule has 8 heteroatoms. The summed E-state index contributed by atoms with van der Waals surface area (Å²) in [7, 11) is 1.56.